The number of pyridine rings is 1. The minimum absolute atomic E-state index is 0.0945. The minimum Gasteiger partial charge on any atom is -0.470 e. The normalized spacial score (nSPS) is 23.9. The van der Waals surface area contributed by atoms with Crippen LogP contribution in [0.15, 0.2) is 36.4 Å². The van der Waals surface area contributed by atoms with E-state index in [1.54, 1.807) is 0 Å². The zero-order valence-corrected chi connectivity index (χ0v) is 32.1. The van der Waals surface area contributed by atoms with Crippen LogP contribution >= 0.6 is 11.6 Å². The predicted molar refractivity (Wildman–Crippen MR) is 193 cm³/mol. The fourth-order valence-electron chi connectivity index (χ4n) is 6.09. The van der Waals surface area contributed by atoms with Crippen molar-refractivity contribution >= 4 is 44.7 Å². The molecule has 5 heterocycles. The number of hydrogen-bond donors (Lipinski definition) is 0. The second-order valence-electron chi connectivity index (χ2n) is 15.8. The predicted octanol–water partition coefficient (Wildman–Crippen LogP) is 7.44. The van der Waals surface area contributed by atoms with Crippen molar-refractivity contribution in [1.82, 2.24) is 9.55 Å². The highest BCUT2D eigenvalue weighted by molar-refractivity contribution is 6.76. The van der Waals surface area contributed by atoms with Gasteiger partial charge in [0.15, 0.2) is 20.3 Å². The van der Waals surface area contributed by atoms with E-state index in [0.717, 1.165) is 54.6 Å². The Kier molecular flexibility index (Phi) is 10.2. The van der Waals surface area contributed by atoms with Crippen LogP contribution in [0.3, 0.4) is 0 Å². The highest BCUT2D eigenvalue weighted by Crippen LogP contribution is 2.41. The van der Waals surface area contributed by atoms with Gasteiger partial charge in [-0.1, -0.05) is 64.1 Å². The van der Waals surface area contributed by atoms with Crippen LogP contribution in [-0.2, 0) is 30.1 Å². The molecule has 2 aromatic heterocycles. The third-order valence-electron chi connectivity index (χ3n) is 10.0. The van der Waals surface area contributed by atoms with Gasteiger partial charge < -0.3 is 33.0 Å². The lowest BCUT2D eigenvalue weighted by atomic mass is 10.1. The Morgan fingerprint density at radius 2 is 1.60 bits per heavy atom. The Labute approximate surface area is 286 Å². The molecule has 0 aliphatic carbocycles. The first kappa shape index (κ1) is 34.9. The second-order valence-corrected chi connectivity index (χ2v) is 26.6. The summed E-state index contributed by atoms with van der Waals surface area (Å²) in [6.07, 6.45) is -0.732. The molecule has 3 saturated heterocycles. The monoisotopic (exact) mass is 701 g/mol. The van der Waals surface area contributed by atoms with E-state index < -0.39 is 16.4 Å². The van der Waals surface area contributed by atoms with Gasteiger partial charge in [-0.05, 0) is 42.4 Å². The first-order valence-corrected chi connectivity index (χ1v) is 24.0. The van der Waals surface area contributed by atoms with E-state index >= 15 is 0 Å². The molecule has 0 spiro atoms. The molecule has 258 valence electrons. The molecule has 3 aromatic rings. The van der Waals surface area contributed by atoms with Crippen LogP contribution in [0, 0.1) is 0 Å². The van der Waals surface area contributed by atoms with Crippen LogP contribution in [0.5, 0.6) is 5.88 Å². The first-order chi connectivity index (χ1) is 22.2. The SMILES string of the molecule is CC(C)(C)[Si](C)(C)OC1CO[C@H]2[C@@H]1OC[C@H]2Oc1cc2nc(-c3ccc(N4CCOCC4)cc3)c(Cl)cc2n1COCC[Si](C)(C)C. The quantitative estimate of drug-likeness (QED) is 0.151. The lowest BCUT2D eigenvalue weighted by molar-refractivity contribution is 0.00859. The maximum atomic E-state index is 6.94. The van der Waals surface area contributed by atoms with Crippen molar-refractivity contribution in [2.75, 3.05) is 51.0 Å². The molecule has 1 unspecified atom stereocenters. The number of morpholine rings is 1. The number of nitrogens with zero attached hydrogens (tertiary/aromatic N) is 3. The number of rotatable bonds is 11. The first-order valence-electron chi connectivity index (χ1n) is 17.0. The third-order valence-corrected chi connectivity index (χ3v) is 16.5. The number of hydrogen-bond acceptors (Lipinski definition) is 8. The van der Waals surface area contributed by atoms with Crippen molar-refractivity contribution in [3.63, 3.8) is 0 Å². The number of anilines is 1. The van der Waals surface area contributed by atoms with Crippen LogP contribution in [0.25, 0.3) is 22.3 Å². The van der Waals surface area contributed by atoms with Crippen molar-refractivity contribution in [3.8, 4) is 17.1 Å². The molecule has 9 nitrogen and oxygen atoms in total. The van der Waals surface area contributed by atoms with Gasteiger partial charge in [0.05, 0.1) is 54.3 Å². The summed E-state index contributed by atoms with van der Waals surface area (Å²) < 4.78 is 39.8. The molecule has 47 heavy (non-hydrogen) atoms. The fourth-order valence-corrected chi connectivity index (χ4v) is 8.41. The maximum absolute atomic E-state index is 6.94. The molecule has 3 fully saturated rings. The lowest BCUT2D eigenvalue weighted by Crippen LogP contribution is -2.47. The number of ether oxygens (including phenoxy) is 5. The van der Waals surface area contributed by atoms with Crippen LogP contribution in [0.4, 0.5) is 5.69 Å². The van der Waals surface area contributed by atoms with Crippen molar-refractivity contribution in [2.45, 2.75) is 95.7 Å². The lowest BCUT2D eigenvalue weighted by Gasteiger charge is -2.39. The summed E-state index contributed by atoms with van der Waals surface area (Å²) in [6.45, 7) is 23.6. The van der Waals surface area contributed by atoms with E-state index in [1.165, 1.54) is 5.69 Å². The Balaban J connectivity index is 1.24. The van der Waals surface area contributed by atoms with E-state index in [-0.39, 0.29) is 29.5 Å². The molecule has 0 N–H and O–H groups in total. The van der Waals surface area contributed by atoms with E-state index in [0.29, 0.717) is 37.5 Å². The standard InChI is InChI=1S/C35H52ClN3O6Si2/c1-35(2,3)47(7,8)45-30-22-43-33-29(21-42-34(30)33)44-31-20-27-28(39(31)23-41-17-18-46(4,5)6)19-26(36)32(37-27)24-9-11-25(12-10-24)38-13-15-40-16-14-38/h9-12,19-20,29-30,33-34H,13-18,21-23H2,1-8H3/t29-,30?,33-,34-/m1/s1. The topological polar surface area (TPSA) is 76.4 Å². The molecule has 4 atom stereocenters. The van der Waals surface area contributed by atoms with Crippen molar-refractivity contribution in [2.24, 2.45) is 0 Å². The van der Waals surface area contributed by atoms with Gasteiger partial charge in [0, 0.05) is 45.1 Å². The van der Waals surface area contributed by atoms with Gasteiger partial charge in [-0.25, -0.2) is 4.98 Å². The van der Waals surface area contributed by atoms with E-state index in [9.17, 15) is 0 Å². The van der Waals surface area contributed by atoms with Crippen LogP contribution in [0.1, 0.15) is 20.8 Å². The largest absolute Gasteiger partial charge is 0.470 e. The number of benzene rings is 1. The molecule has 0 amide bonds. The summed E-state index contributed by atoms with van der Waals surface area (Å²) in [6, 6.07) is 13.5. The smallest absolute Gasteiger partial charge is 0.198 e. The zero-order chi connectivity index (χ0) is 33.6. The van der Waals surface area contributed by atoms with Crippen molar-refractivity contribution in [3.05, 3.63) is 41.4 Å². The molecular weight excluding hydrogens is 650 g/mol. The summed E-state index contributed by atoms with van der Waals surface area (Å²) in [5, 5.41) is 0.687. The average Bonchev–Trinajstić information content (AvgIpc) is 3.69. The molecule has 0 radical (unpaired) electrons. The maximum Gasteiger partial charge on any atom is 0.198 e. The summed E-state index contributed by atoms with van der Waals surface area (Å²) >= 11 is 6.94. The van der Waals surface area contributed by atoms with E-state index in [1.807, 2.05) is 16.7 Å². The Hall–Kier alpha value is -1.97. The minimum atomic E-state index is -1.99. The van der Waals surface area contributed by atoms with Crippen molar-refractivity contribution in [1.29, 1.82) is 0 Å². The Bertz CT molecular complexity index is 1530. The van der Waals surface area contributed by atoms with E-state index in [2.05, 4.69) is 82.7 Å². The second kappa shape index (κ2) is 13.7. The molecule has 6 rings (SSSR count). The summed E-state index contributed by atoms with van der Waals surface area (Å²) in [5.74, 6) is 0.669. The van der Waals surface area contributed by atoms with Crippen molar-refractivity contribution < 1.29 is 28.1 Å². The number of fused-ring (bicyclic) bond motifs is 2. The molecule has 1 aromatic carbocycles. The molecule has 12 heteroatoms. The highest BCUT2D eigenvalue weighted by Gasteiger charge is 2.52. The van der Waals surface area contributed by atoms with E-state index in [4.69, 9.17) is 44.7 Å². The van der Waals surface area contributed by atoms with Gasteiger partial charge in [0.2, 0.25) is 0 Å². The molecule has 0 saturated carbocycles. The molecule has 3 aliphatic heterocycles. The molecular formula is C35H52ClN3O6Si2. The number of halogens is 1. The van der Waals surface area contributed by atoms with Gasteiger partial charge in [-0.3, -0.25) is 4.57 Å². The van der Waals surface area contributed by atoms with Gasteiger partial charge in [-0.2, -0.15) is 0 Å². The van der Waals surface area contributed by atoms with Crippen LogP contribution in [-0.4, -0.2) is 96.5 Å². The molecule has 0 bridgehead atoms. The summed E-state index contributed by atoms with van der Waals surface area (Å²) in [7, 11) is -3.23. The molecule has 3 aliphatic rings. The summed E-state index contributed by atoms with van der Waals surface area (Å²) in [5.41, 5.74) is 4.55. The summed E-state index contributed by atoms with van der Waals surface area (Å²) in [4.78, 5) is 7.40. The zero-order valence-electron chi connectivity index (χ0n) is 29.3. The average molecular weight is 702 g/mol. The van der Waals surface area contributed by atoms with Crippen LogP contribution in [0.2, 0.25) is 48.8 Å². The fraction of sp³-hybridized carbons (Fsp3) is 0.629. The van der Waals surface area contributed by atoms with Gasteiger partial charge in [0.1, 0.15) is 18.9 Å². The van der Waals surface area contributed by atoms with Gasteiger partial charge >= 0.3 is 0 Å². The third kappa shape index (κ3) is 7.77. The van der Waals surface area contributed by atoms with Crippen LogP contribution < -0.4 is 9.64 Å². The Morgan fingerprint density at radius 3 is 2.26 bits per heavy atom. The van der Waals surface area contributed by atoms with Gasteiger partial charge in [-0.15, -0.1) is 0 Å². The number of aromatic nitrogens is 2. The Morgan fingerprint density at radius 1 is 0.936 bits per heavy atom. The highest BCUT2D eigenvalue weighted by atomic mass is 35.5. The van der Waals surface area contributed by atoms with Gasteiger partial charge in [0.25, 0.3) is 0 Å².